The van der Waals surface area contributed by atoms with Crippen molar-refractivity contribution in [3.8, 4) is 0 Å². The van der Waals surface area contributed by atoms with Crippen molar-refractivity contribution in [2.45, 2.75) is 25.0 Å². The fourth-order valence-electron chi connectivity index (χ4n) is 2.62. The number of amides is 1. The number of nitrogens with one attached hydrogen (secondary N) is 1. The summed E-state index contributed by atoms with van der Waals surface area (Å²) in [5.41, 5.74) is -0.287. The highest BCUT2D eigenvalue weighted by Crippen LogP contribution is 2.19. The van der Waals surface area contributed by atoms with E-state index < -0.39 is 9.84 Å². The highest BCUT2D eigenvalue weighted by atomic mass is 32.2. The summed E-state index contributed by atoms with van der Waals surface area (Å²) in [5.74, 6) is 0.0281. The van der Waals surface area contributed by atoms with Crippen LogP contribution in [0.25, 0.3) is 0 Å². The quantitative estimate of drug-likeness (QED) is 0.649. The maximum Gasteiger partial charge on any atom is 0.248 e. The number of ether oxygens (including phenoxy) is 2. The molecule has 0 aromatic heterocycles. The Labute approximate surface area is 125 Å². The van der Waals surface area contributed by atoms with Crippen LogP contribution >= 0.6 is 0 Å². The lowest BCUT2D eigenvalue weighted by Crippen LogP contribution is -2.60. The van der Waals surface area contributed by atoms with Crippen LogP contribution in [0.1, 0.15) is 13.3 Å². The van der Waals surface area contributed by atoms with E-state index in [4.69, 9.17) is 9.47 Å². The Kier molecular flexibility index (Phi) is 5.24. The van der Waals surface area contributed by atoms with Crippen LogP contribution < -0.4 is 5.32 Å². The lowest BCUT2D eigenvalue weighted by atomic mass is 10.0. The first-order chi connectivity index (χ1) is 9.85. The van der Waals surface area contributed by atoms with Gasteiger partial charge >= 0.3 is 0 Å². The van der Waals surface area contributed by atoms with Gasteiger partial charge in [-0.25, -0.2) is 8.42 Å². The smallest absolute Gasteiger partial charge is 0.248 e. The zero-order valence-electron chi connectivity index (χ0n) is 12.6. The van der Waals surface area contributed by atoms with Crippen molar-refractivity contribution in [3.63, 3.8) is 0 Å². The van der Waals surface area contributed by atoms with Gasteiger partial charge in [0, 0.05) is 32.8 Å². The van der Waals surface area contributed by atoms with Gasteiger partial charge in [-0.15, -0.1) is 0 Å². The van der Waals surface area contributed by atoms with Crippen LogP contribution in [-0.4, -0.2) is 82.3 Å². The Balaban J connectivity index is 1.93. The Morgan fingerprint density at radius 2 is 2.14 bits per heavy atom. The van der Waals surface area contributed by atoms with Gasteiger partial charge in [-0.05, 0) is 13.3 Å². The Morgan fingerprint density at radius 1 is 1.43 bits per heavy atom. The zero-order valence-corrected chi connectivity index (χ0v) is 13.4. The van der Waals surface area contributed by atoms with E-state index >= 15 is 0 Å². The predicted molar refractivity (Wildman–Crippen MR) is 77.9 cm³/mol. The predicted octanol–water partition coefficient (Wildman–Crippen LogP) is -0.973. The molecule has 8 heteroatoms. The molecule has 2 rings (SSSR count). The minimum Gasteiger partial charge on any atom is -0.383 e. The molecule has 0 aromatic rings. The van der Waals surface area contributed by atoms with Gasteiger partial charge in [0.25, 0.3) is 0 Å². The van der Waals surface area contributed by atoms with Crippen LogP contribution in [0.4, 0.5) is 0 Å². The first-order valence-electron chi connectivity index (χ1n) is 7.19. The van der Waals surface area contributed by atoms with Gasteiger partial charge in [0.1, 0.15) is 6.61 Å². The van der Waals surface area contributed by atoms with Crippen LogP contribution in [0.2, 0.25) is 0 Å². The number of methoxy groups -OCH3 is 1. The summed E-state index contributed by atoms with van der Waals surface area (Å²) in [6, 6.07) is -0.256. The van der Waals surface area contributed by atoms with E-state index in [-0.39, 0.29) is 35.7 Å². The van der Waals surface area contributed by atoms with Crippen LogP contribution in [0.5, 0.6) is 0 Å². The molecule has 2 fully saturated rings. The van der Waals surface area contributed by atoms with Crippen LogP contribution in [0.15, 0.2) is 0 Å². The van der Waals surface area contributed by atoms with E-state index in [1.54, 1.807) is 12.0 Å². The molecular weight excluding hydrogens is 296 g/mol. The normalized spacial score (nSPS) is 26.3. The molecule has 2 saturated heterocycles. The van der Waals surface area contributed by atoms with Crippen LogP contribution in [0, 0.1) is 0 Å². The summed E-state index contributed by atoms with van der Waals surface area (Å²) in [6.07, 6.45) is 0.497. The molecule has 0 saturated carbocycles. The van der Waals surface area contributed by atoms with E-state index in [9.17, 15) is 13.2 Å². The van der Waals surface area contributed by atoms with Crippen molar-refractivity contribution in [1.82, 2.24) is 10.2 Å². The second-order valence-corrected chi connectivity index (χ2v) is 8.21. The number of sulfone groups is 1. The molecule has 0 spiro atoms. The number of carbonyl (C=O) groups excluding carboxylic acids is 1. The molecule has 1 amide bonds. The average Bonchev–Trinajstić information content (AvgIpc) is 2.75. The number of carbonyl (C=O) groups is 1. The fraction of sp³-hybridized carbons (Fsp3) is 0.923. The number of hydrogen-bond acceptors (Lipinski definition) is 6. The maximum absolute atomic E-state index is 12.4. The van der Waals surface area contributed by atoms with E-state index in [2.05, 4.69) is 5.32 Å². The summed E-state index contributed by atoms with van der Waals surface area (Å²) >= 11 is 0. The molecule has 0 aromatic carbocycles. The SMILES string of the molecule is COCCN(C(=O)COC1(C)CNC1)C1CCS(=O)(=O)C1. The molecule has 1 N–H and O–H groups in total. The van der Waals surface area contributed by atoms with Gasteiger partial charge in [0.15, 0.2) is 9.84 Å². The molecule has 2 heterocycles. The van der Waals surface area contributed by atoms with Gasteiger partial charge in [-0.1, -0.05) is 0 Å². The molecule has 21 heavy (non-hydrogen) atoms. The molecule has 2 aliphatic heterocycles. The lowest BCUT2D eigenvalue weighted by molar-refractivity contribution is -0.148. The topological polar surface area (TPSA) is 84.9 Å². The summed E-state index contributed by atoms with van der Waals surface area (Å²) in [5, 5.41) is 3.11. The van der Waals surface area contributed by atoms with Gasteiger partial charge in [-0.3, -0.25) is 4.79 Å². The standard InChI is InChI=1S/C13H24N2O5S/c1-13(9-14-10-13)20-7-12(16)15(4-5-19-2)11-3-6-21(17,18)8-11/h11,14H,3-10H2,1-2H3. The summed E-state index contributed by atoms with van der Waals surface area (Å²) < 4.78 is 33.9. The van der Waals surface area contributed by atoms with Crippen molar-refractivity contribution >= 4 is 15.7 Å². The second kappa shape index (κ2) is 6.60. The Hall–Kier alpha value is -0.700. The van der Waals surface area contributed by atoms with Crippen LogP contribution in [-0.2, 0) is 24.1 Å². The van der Waals surface area contributed by atoms with E-state index in [1.807, 2.05) is 6.92 Å². The first-order valence-corrected chi connectivity index (χ1v) is 9.01. The van der Waals surface area contributed by atoms with Crippen LogP contribution in [0.3, 0.4) is 0 Å². The summed E-state index contributed by atoms with van der Waals surface area (Å²) in [4.78, 5) is 14.0. The average molecular weight is 320 g/mol. The summed E-state index contributed by atoms with van der Waals surface area (Å²) in [6.45, 7) is 4.19. The molecule has 1 atom stereocenters. The second-order valence-electron chi connectivity index (χ2n) is 5.98. The fourth-order valence-corrected chi connectivity index (χ4v) is 4.35. The lowest BCUT2D eigenvalue weighted by Gasteiger charge is -2.39. The van der Waals surface area contributed by atoms with Crippen molar-refractivity contribution in [3.05, 3.63) is 0 Å². The van der Waals surface area contributed by atoms with Crippen molar-refractivity contribution in [1.29, 1.82) is 0 Å². The third-order valence-electron chi connectivity index (χ3n) is 4.05. The minimum atomic E-state index is -3.02. The molecule has 7 nitrogen and oxygen atoms in total. The van der Waals surface area contributed by atoms with Gasteiger partial charge in [0.2, 0.25) is 5.91 Å². The number of hydrogen-bond donors (Lipinski definition) is 1. The van der Waals surface area contributed by atoms with Gasteiger partial charge in [0.05, 0.1) is 23.7 Å². The van der Waals surface area contributed by atoms with Crippen molar-refractivity contribution in [2.24, 2.45) is 0 Å². The molecule has 2 aliphatic rings. The Bertz CT molecular complexity index is 475. The molecular formula is C13H24N2O5S. The molecule has 1 unspecified atom stereocenters. The highest BCUT2D eigenvalue weighted by molar-refractivity contribution is 7.91. The third-order valence-corrected chi connectivity index (χ3v) is 5.80. The monoisotopic (exact) mass is 320 g/mol. The van der Waals surface area contributed by atoms with Crippen molar-refractivity contribution < 1.29 is 22.7 Å². The van der Waals surface area contributed by atoms with Gasteiger partial charge < -0.3 is 19.7 Å². The minimum absolute atomic E-state index is 0.0154. The first kappa shape index (κ1) is 16.7. The highest BCUT2D eigenvalue weighted by Gasteiger charge is 2.37. The summed E-state index contributed by atoms with van der Waals surface area (Å²) in [7, 11) is -1.46. The maximum atomic E-state index is 12.4. The van der Waals surface area contributed by atoms with E-state index in [0.717, 1.165) is 13.1 Å². The van der Waals surface area contributed by atoms with Crippen molar-refractivity contribution in [2.75, 3.05) is 51.5 Å². The molecule has 0 aliphatic carbocycles. The van der Waals surface area contributed by atoms with E-state index in [1.165, 1.54) is 0 Å². The molecule has 122 valence electrons. The Morgan fingerprint density at radius 3 is 2.62 bits per heavy atom. The molecule has 0 radical (unpaired) electrons. The zero-order chi connectivity index (χ0) is 15.5. The van der Waals surface area contributed by atoms with E-state index in [0.29, 0.717) is 19.6 Å². The number of rotatable bonds is 7. The largest absolute Gasteiger partial charge is 0.383 e. The van der Waals surface area contributed by atoms with Gasteiger partial charge in [-0.2, -0.15) is 0 Å². The third kappa shape index (κ3) is 4.38. The number of nitrogens with zero attached hydrogens (tertiary/aromatic N) is 1. The molecule has 0 bridgehead atoms.